The molecule has 0 saturated carbocycles. The molecule has 2 heterocycles. The van der Waals surface area contributed by atoms with Crippen molar-refractivity contribution in [2.75, 3.05) is 13.7 Å². The predicted molar refractivity (Wildman–Crippen MR) is 177 cm³/mol. The van der Waals surface area contributed by atoms with Crippen molar-refractivity contribution in [1.29, 1.82) is 0 Å². The number of aromatic nitrogens is 1. The van der Waals surface area contributed by atoms with Crippen LogP contribution in [0.3, 0.4) is 0 Å². The second kappa shape index (κ2) is 13.8. The molecule has 0 fully saturated rings. The lowest BCUT2D eigenvalue weighted by Gasteiger charge is -2.25. The molecule has 0 spiro atoms. The SMILES string of the molecule is CCOC(=O)C1=C(C)N=c2s/c(=C/c3cc(Cl)c(OCc4cccc(C(=O)O)c4)c(OC)c3)c(=O)n2[C@@H]1c1ccc(C(C)C)cc1. The average molecular weight is 661 g/mol. The normalized spacial score (nSPS) is 14.6. The van der Waals surface area contributed by atoms with Crippen LogP contribution < -0.4 is 24.4 Å². The molecule has 1 N–H and O–H groups in total. The molecule has 3 aromatic carbocycles. The van der Waals surface area contributed by atoms with E-state index in [1.165, 1.54) is 30.6 Å². The van der Waals surface area contributed by atoms with Gasteiger partial charge < -0.3 is 19.3 Å². The molecule has 46 heavy (non-hydrogen) atoms. The molecule has 0 bridgehead atoms. The summed E-state index contributed by atoms with van der Waals surface area (Å²) in [5, 5.41) is 9.53. The van der Waals surface area contributed by atoms with Gasteiger partial charge in [-0.25, -0.2) is 14.6 Å². The molecule has 1 aromatic heterocycles. The Kier molecular flexibility index (Phi) is 9.79. The fraction of sp³-hybridized carbons (Fsp3) is 0.257. The summed E-state index contributed by atoms with van der Waals surface area (Å²) in [5.74, 6) is -0.610. The fourth-order valence-corrected chi connectivity index (χ4v) is 6.55. The van der Waals surface area contributed by atoms with E-state index < -0.39 is 18.0 Å². The number of fused-ring (bicyclic) bond motifs is 1. The van der Waals surface area contributed by atoms with E-state index in [-0.39, 0.29) is 35.1 Å². The average Bonchev–Trinajstić information content (AvgIpc) is 3.33. The van der Waals surface area contributed by atoms with E-state index >= 15 is 0 Å². The quantitative estimate of drug-likeness (QED) is 0.212. The number of halogens is 1. The van der Waals surface area contributed by atoms with Crippen molar-refractivity contribution in [1.82, 2.24) is 4.57 Å². The third-order valence-electron chi connectivity index (χ3n) is 7.54. The van der Waals surface area contributed by atoms with Crippen molar-refractivity contribution in [3.05, 3.63) is 124 Å². The summed E-state index contributed by atoms with van der Waals surface area (Å²) in [5.41, 5.74) is 3.79. The van der Waals surface area contributed by atoms with E-state index in [4.69, 9.17) is 25.8 Å². The van der Waals surface area contributed by atoms with Gasteiger partial charge in [-0.2, -0.15) is 0 Å². The molecule has 0 radical (unpaired) electrons. The van der Waals surface area contributed by atoms with Crippen LogP contribution in [0.15, 0.2) is 81.7 Å². The first kappa shape index (κ1) is 32.7. The van der Waals surface area contributed by atoms with Crippen LogP contribution in [-0.4, -0.2) is 35.3 Å². The number of benzene rings is 3. The van der Waals surface area contributed by atoms with Gasteiger partial charge in [-0.1, -0.05) is 73.2 Å². The predicted octanol–water partition coefficient (Wildman–Crippen LogP) is 5.86. The number of esters is 1. The first-order valence-electron chi connectivity index (χ1n) is 14.6. The Morgan fingerprint density at radius 1 is 1.13 bits per heavy atom. The standard InChI is InChI=1S/C35H33ClN2O7S/c1-6-44-34(42)29-20(4)37-35-38(30(29)24-12-10-23(11-13-24)19(2)3)32(39)28(46-35)17-22-15-26(36)31(27(16-22)43-5)45-18-21-8-7-9-25(14-21)33(40)41/h7-17,19,30H,6,18H2,1-5H3,(H,40,41)/b28-17+/t30-/m1/s1. The number of allylic oxidation sites excluding steroid dienone is 1. The Balaban J connectivity index is 1.55. The first-order chi connectivity index (χ1) is 22.0. The summed E-state index contributed by atoms with van der Waals surface area (Å²) in [6.45, 7) is 7.95. The molecule has 0 unspecified atom stereocenters. The van der Waals surface area contributed by atoms with Gasteiger partial charge in [0.15, 0.2) is 16.3 Å². The van der Waals surface area contributed by atoms with E-state index in [1.807, 2.05) is 24.3 Å². The van der Waals surface area contributed by atoms with Crippen molar-refractivity contribution in [3.8, 4) is 11.5 Å². The van der Waals surface area contributed by atoms with Crippen LogP contribution in [0.1, 0.15) is 72.3 Å². The van der Waals surface area contributed by atoms with Gasteiger partial charge in [-0.05, 0) is 72.4 Å². The van der Waals surface area contributed by atoms with Crippen LogP contribution in [0.4, 0.5) is 0 Å². The third kappa shape index (κ3) is 6.63. The van der Waals surface area contributed by atoms with Crippen molar-refractivity contribution in [3.63, 3.8) is 0 Å². The zero-order valence-electron chi connectivity index (χ0n) is 26.0. The summed E-state index contributed by atoms with van der Waals surface area (Å²) >= 11 is 7.84. The highest BCUT2D eigenvalue weighted by molar-refractivity contribution is 7.07. The van der Waals surface area contributed by atoms with Crippen LogP contribution in [0.2, 0.25) is 5.02 Å². The van der Waals surface area contributed by atoms with Crippen molar-refractivity contribution in [2.24, 2.45) is 4.99 Å². The minimum absolute atomic E-state index is 0.0649. The van der Waals surface area contributed by atoms with Gasteiger partial charge >= 0.3 is 11.9 Å². The fourth-order valence-electron chi connectivity index (χ4n) is 5.23. The van der Waals surface area contributed by atoms with Crippen LogP contribution in [0.5, 0.6) is 11.5 Å². The number of carboxylic acids is 1. The number of ether oxygens (including phenoxy) is 3. The first-order valence-corrected chi connectivity index (χ1v) is 15.8. The minimum Gasteiger partial charge on any atom is -0.493 e. The lowest BCUT2D eigenvalue weighted by atomic mass is 9.93. The molecule has 5 rings (SSSR count). The number of thiazole rings is 1. The number of aromatic carboxylic acids is 1. The molecule has 238 valence electrons. The molecule has 0 amide bonds. The molecular weight excluding hydrogens is 628 g/mol. The summed E-state index contributed by atoms with van der Waals surface area (Å²) in [6, 6.07) is 17.0. The van der Waals surface area contributed by atoms with Crippen LogP contribution in [0.25, 0.3) is 6.08 Å². The number of carbonyl (C=O) groups is 2. The number of nitrogens with zero attached hydrogens (tertiary/aromatic N) is 2. The number of carboxylic acid groups (broad SMARTS) is 1. The maximum atomic E-state index is 14.0. The Morgan fingerprint density at radius 3 is 2.52 bits per heavy atom. The second-order valence-electron chi connectivity index (χ2n) is 11.0. The zero-order valence-corrected chi connectivity index (χ0v) is 27.6. The van der Waals surface area contributed by atoms with Crippen molar-refractivity contribution < 1.29 is 28.9 Å². The number of hydrogen-bond acceptors (Lipinski definition) is 8. The van der Waals surface area contributed by atoms with Crippen LogP contribution in [0, 0.1) is 0 Å². The van der Waals surface area contributed by atoms with Crippen molar-refractivity contribution >= 4 is 41.0 Å². The van der Waals surface area contributed by atoms with E-state index in [1.54, 1.807) is 48.8 Å². The second-order valence-corrected chi connectivity index (χ2v) is 12.4. The maximum Gasteiger partial charge on any atom is 0.338 e. The smallest absolute Gasteiger partial charge is 0.338 e. The topological polar surface area (TPSA) is 116 Å². The zero-order chi connectivity index (χ0) is 33.1. The molecule has 0 saturated heterocycles. The monoisotopic (exact) mass is 660 g/mol. The molecule has 1 aliphatic rings. The molecule has 0 aliphatic carbocycles. The molecule has 11 heteroatoms. The minimum atomic E-state index is -1.03. The van der Waals surface area contributed by atoms with Gasteiger partial charge in [0.05, 0.1) is 46.1 Å². The van der Waals surface area contributed by atoms with Crippen molar-refractivity contribution in [2.45, 2.75) is 46.3 Å². The summed E-state index contributed by atoms with van der Waals surface area (Å²) < 4.78 is 18.8. The van der Waals surface area contributed by atoms with E-state index in [9.17, 15) is 19.5 Å². The summed E-state index contributed by atoms with van der Waals surface area (Å²) in [7, 11) is 1.48. The van der Waals surface area contributed by atoms with E-state index in [0.29, 0.717) is 43.4 Å². The molecule has 1 aliphatic heterocycles. The number of hydrogen-bond donors (Lipinski definition) is 1. The van der Waals surface area contributed by atoms with Gasteiger partial charge in [-0.15, -0.1) is 0 Å². The number of rotatable bonds is 10. The summed E-state index contributed by atoms with van der Waals surface area (Å²) in [6.07, 6.45) is 1.70. The highest BCUT2D eigenvalue weighted by Crippen LogP contribution is 2.37. The molecule has 4 aromatic rings. The summed E-state index contributed by atoms with van der Waals surface area (Å²) in [4.78, 5) is 43.7. The number of methoxy groups -OCH3 is 1. The lowest BCUT2D eigenvalue weighted by Crippen LogP contribution is -2.39. The highest BCUT2D eigenvalue weighted by atomic mass is 35.5. The Morgan fingerprint density at radius 2 is 1.87 bits per heavy atom. The van der Waals surface area contributed by atoms with Gasteiger partial charge in [0.25, 0.3) is 5.56 Å². The number of carbonyl (C=O) groups excluding carboxylic acids is 1. The Labute approximate surface area is 274 Å². The lowest BCUT2D eigenvalue weighted by molar-refractivity contribution is -0.139. The molecule has 1 atom stereocenters. The van der Waals surface area contributed by atoms with Crippen LogP contribution >= 0.6 is 22.9 Å². The van der Waals surface area contributed by atoms with E-state index in [0.717, 1.165) is 11.1 Å². The molecular formula is C35H33ClN2O7S. The maximum absolute atomic E-state index is 14.0. The Bertz CT molecular complexity index is 2030. The molecule has 9 nitrogen and oxygen atoms in total. The van der Waals surface area contributed by atoms with Crippen LogP contribution in [-0.2, 0) is 16.1 Å². The van der Waals surface area contributed by atoms with E-state index in [2.05, 4.69) is 18.8 Å². The van der Waals surface area contributed by atoms with Gasteiger partial charge in [-0.3, -0.25) is 9.36 Å². The van der Waals surface area contributed by atoms with Gasteiger partial charge in [0, 0.05) is 0 Å². The van der Waals surface area contributed by atoms with Gasteiger partial charge in [0.2, 0.25) is 0 Å². The largest absolute Gasteiger partial charge is 0.493 e. The Hall–Kier alpha value is -4.67. The third-order valence-corrected chi connectivity index (χ3v) is 8.81. The highest BCUT2D eigenvalue weighted by Gasteiger charge is 2.33. The van der Waals surface area contributed by atoms with Gasteiger partial charge in [0.1, 0.15) is 6.61 Å².